The zero-order chi connectivity index (χ0) is 27.1. The van der Waals surface area contributed by atoms with E-state index in [0.717, 1.165) is 12.1 Å². The average molecular weight is 570 g/mol. The highest BCUT2D eigenvalue weighted by molar-refractivity contribution is 7.97. The summed E-state index contributed by atoms with van der Waals surface area (Å²) in [5.41, 5.74) is -0.787. The summed E-state index contributed by atoms with van der Waals surface area (Å²) in [4.78, 5) is 22.8. The van der Waals surface area contributed by atoms with E-state index in [1.54, 1.807) is 0 Å². The summed E-state index contributed by atoms with van der Waals surface area (Å²) in [6.07, 6.45) is 0. The molecule has 0 amide bonds. The molecule has 1 atom stereocenters. The fourth-order valence-corrected chi connectivity index (χ4v) is 8.67. The molecule has 9 nitrogen and oxygen atoms in total. The number of hydrogen-bond donors (Lipinski definition) is 1. The van der Waals surface area contributed by atoms with Gasteiger partial charge in [0.1, 0.15) is 19.0 Å². The van der Waals surface area contributed by atoms with E-state index in [9.17, 15) is 26.4 Å². The number of fused-ring (bicyclic) bond motifs is 1. The molecule has 13 heteroatoms. The summed E-state index contributed by atoms with van der Waals surface area (Å²) in [7, 11) is -8.75. The molecule has 2 aromatic carbocycles. The summed E-state index contributed by atoms with van der Waals surface area (Å²) >= 11 is 6.34. The minimum Gasteiger partial charge on any atom is -0.462 e. The molecular weight excluding hydrogens is 549 g/mol. The van der Waals surface area contributed by atoms with Gasteiger partial charge in [0.15, 0.2) is 9.84 Å². The van der Waals surface area contributed by atoms with Gasteiger partial charge in [0, 0.05) is 28.9 Å². The van der Waals surface area contributed by atoms with E-state index in [-0.39, 0.29) is 40.8 Å². The monoisotopic (exact) mass is 569 g/mol. The van der Waals surface area contributed by atoms with E-state index >= 15 is 4.39 Å². The summed E-state index contributed by atoms with van der Waals surface area (Å²) in [6.45, 7) is 1.96. The molecule has 4 rings (SSSR count). The molecule has 0 aliphatic carbocycles. The number of sulfone groups is 2. The molecule has 0 aromatic heterocycles. The first-order valence-corrected chi connectivity index (χ1v) is 14.4. The van der Waals surface area contributed by atoms with Crippen LogP contribution in [0, 0.1) is 5.82 Å². The molecule has 37 heavy (non-hydrogen) atoms. The van der Waals surface area contributed by atoms with Gasteiger partial charge in [-0.25, -0.2) is 26.0 Å². The SMILES string of the molecule is CC(=O)OCCOC(=O)C1=C(C)NC2=C(C1c1c(F)cccc1Cl)S(=O)(=O)c1ccccc1S(=O)(=O)C2. The first-order valence-electron chi connectivity index (χ1n) is 10.9. The smallest absolute Gasteiger partial charge is 0.336 e. The Balaban J connectivity index is 1.95. The number of rotatable bonds is 5. The number of esters is 2. The van der Waals surface area contributed by atoms with Crippen molar-refractivity contribution in [1.82, 2.24) is 5.32 Å². The molecule has 0 radical (unpaired) electrons. The molecule has 1 unspecified atom stereocenters. The van der Waals surface area contributed by atoms with E-state index < -0.39 is 63.8 Å². The van der Waals surface area contributed by atoms with Crippen LogP contribution in [0.5, 0.6) is 0 Å². The van der Waals surface area contributed by atoms with E-state index in [1.165, 1.54) is 44.2 Å². The topological polar surface area (TPSA) is 133 Å². The molecular formula is C24H21ClFNO8S2. The Morgan fingerprint density at radius 3 is 2.32 bits per heavy atom. The van der Waals surface area contributed by atoms with Gasteiger partial charge in [0.25, 0.3) is 0 Å². The van der Waals surface area contributed by atoms with Crippen molar-refractivity contribution in [1.29, 1.82) is 0 Å². The van der Waals surface area contributed by atoms with Crippen LogP contribution in [0.4, 0.5) is 4.39 Å². The van der Waals surface area contributed by atoms with Crippen LogP contribution in [0.15, 0.2) is 74.1 Å². The normalized spacial score (nSPS) is 19.7. The van der Waals surface area contributed by atoms with Crippen LogP contribution in [0.1, 0.15) is 25.3 Å². The Bertz CT molecular complexity index is 1580. The second kappa shape index (κ2) is 9.92. The van der Waals surface area contributed by atoms with Crippen molar-refractivity contribution in [3.8, 4) is 0 Å². The lowest BCUT2D eigenvalue weighted by molar-refractivity contribution is -0.148. The van der Waals surface area contributed by atoms with Gasteiger partial charge in [-0.2, -0.15) is 0 Å². The standard InChI is InChI=1S/C24H21ClFNO8S2/c1-13-20(24(29)35-11-10-34-14(2)28)22(21-15(25)6-5-7-16(21)26)23-17(27-13)12-36(30,31)18-8-3-4-9-19(18)37(23,32)33/h3-9,22,27H,10-12H2,1-2H3. The minimum absolute atomic E-state index is 0.0527. The van der Waals surface area contributed by atoms with Gasteiger partial charge in [0.2, 0.25) is 9.84 Å². The lowest BCUT2D eigenvalue weighted by Gasteiger charge is -2.31. The lowest BCUT2D eigenvalue weighted by atomic mass is 9.86. The molecule has 2 heterocycles. The largest absolute Gasteiger partial charge is 0.462 e. The lowest BCUT2D eigenvalue weighted by Crippen LogP contribution is -2.34. The Kier molecular flexibility index (Phi) is 7.19. The second-order valence-corrected chi connectivity index (χ2v) is 12.5. The van der Waals surface area contributed by atoms with Gasteiger partial charge in [-0.15, -0.1) is 0 Å². The summed E-state index contributed by atoms with van der Waals surface area (Å²) in [5, 5.41) is 2.56. The van der Waals surface area contributed by atoms with Crippen molar-refractivity contribution >= 4 is 43.2 Å². The zero-order valence-corrected chi connectivity index (χ0v) is 22.0. The Morgan fingerprint density at radius 2 is 1.68 bits per heavy atom. The van der Waals surface area contributed by atoms with Gasteiger partial charge in [-0.3, -0.25) is 4.79 Å². The predicted octanol–water partition coefficient (Wildman–Crippen LogP) is 3.02. The summed E-state index contributed by atoms with van der Waals surface area (Å²) < 4.78 is 79.6. The molecule has 0 bridgehead atoms. The number of carbonyl (C=O) groups is 2. The fraction of sp³-hybridized carbons (Fsp3) is 0.250. The minimum atomic E-state index is -4.61. The van der Waals surface area contributed by atoms with Gasteiger partial charge >= 0.3 is 11.9 Å². The van der Waals surface area contributed by atoms with Crippen LogP contribution in [0.25, 0.3) is 0 Å². The van der Waals surface area contributed by atoms with Gasteiger partial charge in [0.05, 0.1) is 31.9 Å². The first kappa shape index (κ1) is 26.8. The quantitative estimate of drug-likeness (QED) is 0.426. The van der Waals surface area contributed by atoms with Crippen molar-refractivity contribution in [2.45, 2.75) is 29.6 Å². The van der Waals surface area contributed by atoms with Gasteiger partial charge in [-0.1, -0.05) is 29.8 Å². The van der Waals surface area contributed by atoms with Crippen LogP contribution in [-0.2, 0) is 38.7 Å². The van der Waals surface area contributed by atoms with Crippen LogP contribution < -0.4 is 5.32 Å². The Hall–Kier alpha value is -3.22. The summed E-state index contributed by atoms with van der Waals surface area (Å²) in [6, 6.07) is 8.77. The van der Waals surface area contributed by atoms with Crippen molar-refractivity contribution in [3.05, 3.63) is 80.7 Å². The van der Waals surface area contributed by atoms with E-state index in [0.29, 0.717) is 0 Å². The van der Waals surface area contributed by atoms with E-state index in [2.05, 4.69) is 5.32 Å². The fourth-order valence-electron chi connectivity index (χ4n) is 4.35. The molecule has 1 N–H and O–H groups in total. The first-order chi connectivity index (χ1) is 17.4. The molecule has 196 valence electrons. The maximum Gasteiger partial charge on any atom is 0.336 e. The number of nitrogens with one attached hydrogen (secondary N) is 1. The molecule has 0 fully saturated rings. The molecule has 2 aliphatic rings. The van der Waals surface area contributed by atoms with Crippen LogP contribution in [0.2, 0.25) is 5.02 Å². The molecule has 2 aliphatic heterocycles. The number of halogens is 2. The average Bonchev–Trinajstić information content (AvgIpc) is 2.87. The number of allylic oxidation sites excluding steroid dienone is 2. The molecule has 0 saturated carbocycles. The van der Waals surface area contributed by atoms with Gasteiger partial charge < -0.3 is 14.8 Å². The third-order valence-electron chi connectivity index (χ3n) is 5.82. The highest BCUT2D eigenvalue weighted by atomic mass is 35.5. The van der Waals surface area contributed by atoms with Crippen LogP contribution in [0.3, 0.4) is 0 Å². The van der Waals surface area contributed by atoms with Crippen molar-refractivity contribution < 1.29 is 40.3 Å². The van der Waals surface area contributed by atoms with Crippen LogP contribution >= 0.6 is 11.6 Å². The second-order valence-electron chi connectivity index (χ2n) is 8.26. The predicted molar refractivity (Wildman–Crippen MR) is 130 cm³/mol. The van der Waals surface area contributed by atoms with E-state index in [4.69, 9.17) is 21.1 Å². The Labute approximate surface area is 217 Å². The third kappa shape index (κ3) is 4.88. The van der Waals surface area contributed by atoms with E-state index in [1.807, 2.05) is 0 Å². The maximum atomic E-state index is 15.3. The highest BCUT2D eigenvalue weighted by Gasteiger charge is 2.47. The maximum absolute atomic E-state index is 15.3. The van der Waals surface area contributed by atoms with Gasteiger partial charge in [-0.05, 0) is 31.2 Å². The van der Waals surface area contributed by atoms with Crippen molar-refractivity contribution in [2.75, 3.05) is 19.0 Å². The van der Waals surface area contributed by atoms with Crippen molar-refractivity contribution in [2.24, 2.45) is 0 Å². The third-order valence-corrected chi connectivity index (χ3v) is 9.97. The number of carbonyl (C=O) groups excluding carboxylic acids is 2. The Morgan fingerprint density at radius 1 is 1.03 bits per heavy atom. The summed E-state index contributed by atoms with van der Waals surface area (Å²) in [5.74, 6) is -4.89. The molecule has 0 saturated heterocycles. The highest BCUT2D eigenvalue weighted by Crippen LogP contribution is 2.48. The van der Waals surface area contributed by atoms with Crippen LogP contribution in [-0.4, -0.2) is 47.7 Å². The zero-order valence-electron chi connectivity index (χ0n) is 19.6. The number of benzene rings is 2. The number of hydrogen-bond acceptors (Lipinski definition) is 9. The number of ether oxygens (including phenoxy) is 2. The molecule has 2 aromatic rings. The van der Waals surface area contributed by atoms with Crippen molar-refractivity contribution in [3.63, 3.8) is 0 Å². The number of dihydropyridines is 1. The molecule has 0 spiro atoms.